The van der Waals surface area contributed by atoms with Crippen LogP contribution >= 0.6 is 0 Å². The van der Waals surface area contributed by atoms with E-state index in [2.05, 4.69) is 28.2 Å². The number of pyridine rings is 1. The van der Waals surface area contributed by atoms with E-state index in [0.29, 0.717) is 12.5 Å². The lowest BCUT2D eigenvalue weighted by atomic mass is 10.2. The first kappa shape index (κ1) is 13.5. The van der Waals surface area contributed by atoms with E-state index in [4.69, 9.17) is 9.47 Å². The van der Waals surface area contributed by atoms with Crippen LogP contribution in [0, 0.1) is 0 Å². The molecule has 1 saturated heterocycles. The van der Waals surface area contributed by atoms with Crippen molar-refractivity contribution in [1.29, 1.82) is 0 Å². The molecule has 1 aromatic rings. The molecule has 1 unspecified atom stereocenters. The number of anilines is 1. The highest BCUT2D eigenvalue weighted by Crippen LogP contribution is 2.33. The number of ether oxygens (including phenoxy) is 2. The number of nitrogens with one attached hydrogen (secondary N) is 1. The molecule has 0 amide bonds. The summed E-state index contributed by atoms with van der Waals surface area (Å²) < 4.78 is 11.7. The third kappa shape index (κ3) is 2.98. The molecule has 0 radical (unpaired) electrons. The third-order valence-electron chi connectivity index (χ3n) is 3.82. The molecule has 2 aliphatic rings. The summed E-state index contributed by atoms with van der Waals surface area (Å²) in [6, 6.07) is 2.08. The second-order valence-corrected chi connectivity index (χ2v) is 5.43. The summed E-state index contributed by atoms with van der Waals surface area (Å²) in [4.78, 5) is 6.77. The van der Waals surface area contributed by atoms with E-state index >= 15 is 0 Å². The molecule has 1 aromatic heterocycles. The predicted molar refractivity (Wildman–Crippen MR) is 78.8 cm³/mol. The summed E-state index contributed by atoms with van der Waals surface area (Å²) in [6.45, 7) is 6.96. The van der Waals surface area contributed by atoms with Gasteiger partial charge in [0.25, 0.3) is 5.88 Å². The molecule has 0 saturated carbocycles. The van der Waals surface area contributed by atoms with Gasteiger partial charge in [0.2, 0.25) is 0 Å². The van der Waals surface area contributed by atoms with Gasteiger partial charge in [0.1, 0.15) is 12.7 Å². The molecule has 110 valence electrons. The average molecular weight is 277 g/mol. The van der Waals surface area contributed by atoms with Gasteiger partial charge in [-0.15, -0.1) is 0 Å². The maximum Gasteiger partial charge on any atom is 0.257 e. The summed E-state index contributed by atoms with van der Waals surface area (Å²) in [5.41, 5.74) is 1.13. The second-order valence-electron chi connectivity index (χ2n) is 5.43. The largest absolute Gasteiger partial charge is 0.481 e. The molecule has 0 spiro atoms. The van der Waals surface area contributed by atoms with Crippen molar-refractivity contribution in [2.45, 2.75) is 32.3 Å². The van der Waals surface area contributed by atoms with Gasteiger partial charge in [-0.05, 0) is 19.4 Å². The van der Waals surface area contributed by atoms with Crippen LogP contribution in [0.2, 0.25) is 0 Å². The van der Waals surface area contributed by atoms with Gasteiger partial charge in [0.15, 0.2) is 5.75 Å². The van der Waals surface area contributed by atoms with Gasteiger partial charge in [0, 0.05) is 25.7 Å². The van der Waals surface area contributed by atoms with E-state index in [0.717, 1.165) is 56.9 Å². The summed E-state index contributed by atoms with van der Waals surface area (Å²) in [7, 11) is 0. The lowest BCUT2D eigenvalue weighted by Crippen LogP contribution is -2.31. The molecule has 3 rings (SSSR count). The standard InChI is InChI=1S/C15H23N3O2/c1-2-4-13-11-19-15-14(20-13)9-12(10-17-15)18-7-3-5-16-6-8-18/h9-10,13,16H,2-8,11H2,1H3. The molecule has 0 aliphatic carbocycles. The van der Waals surface area contributed by atoms with Crippen LogP contribution < -0.4 is 19.7 Å². The van der Waals surface area contributed by atoms with Crippen molar-refractivity contribution in [3.8, 4) is 11.6 Å². The highest BCUT2D eigenvalue weighted by molar-refractivity contribution is 5.53. The Balaban J connectivity index is 1.75. The predicted octanol–water partition coefficient (Wildman–Crippen LogP) is 1.82. The first-order valence-electron chi connectivity index (χ1n) is 7.62. The van der Waals surface area contributed by atoms with Crippen molar-refractivity contribution >= 4 is 5.69 Å². The maximum atomic E-state index is 6.01. The molecule has 5 heteroatoms. The molecular formula is C15H23N3O2. The van der Waals surface area contributed by atoms with Gasteiger partial charge >= 0.3 is 0 Å². The molecule has 3 heterocycles. The van der Waals surface area contributed by atoms with Crippen molar-refractivity contribution in [2.75, 3.05) is 37.7 Å². The van der Waals surface area contributed by atoms with Gasteiger partial charge in [0.05, 0.1) is 11.9 Å². The van der Waals surface area contributed by atoms with Crippen molar-refractivity contribution in [2.24, 2.45) is 0 Å². The van der Waals surface area contributed by atoms with Crippen LogP contribution in [0.4, 0.5) is 5.69 Å². The van der Waals surface area contributed by atoms with Crippen LogP contribution in [0.5, 0.6) is 11.6 Å². The van der Waals surface area contributed by atoms with Crippen LogP contribution in [-0.4, -0.2) is 43.9 Å². The maximum absolute atomic E-state index is 6.01. The molecule has 20 heavy (non-hydrogen) atoms. The van der Waals surface area contributed by atoms with E-state index in [1.165, 1.54) is 0 Å². The Morgan fingerprint density at radius 1 is 1.40 bits per heavy atom. The number of rotatable bonds is 3. The SMILES string of the molecule is CCCC1COc2ncc(N3CCCNCC3)cc2O1. The lowest BCUT2D eigenvalue weighted by Gasteiger charge is -2.28. The molecule has 5 nitrogen and oxygen atoms in total. The van der Waals surface area contributed by atoms with Crippen molar-refractivity contribution in [3.05, 3.63) is 12.3 Å². The van der Waals surface area contributed by atoms with Crippen molar-refractivity contribution in [1.82, 2.24) is 10.3 Å². The van der Waals surface area contributed by atoms with Crippen LogP contribution in [0.3, 0.4) is 0 Å². The Morgan fingerprint density at radius 2 is 2.35 bits per heavy atom. The molecule has 2 aliphatic heterocycles. The fourth-order valence-corrected chi connectivity index (χ4v) is 2.74. The molecule has 1 fully saturated rings. The first-order chi connectivity index (χ1) is 9.86. The number of hydrogen-bond donors (Lipinski definition) is 1. The highest BCUT2D eigenvalue weighted by Gasteiger charge is 2.22. The third-order valence-corrected chi connectivity index (χ3v) is 3.82. The molecule has 0 aromatic carbocycles. The van der Waals surface area contributed by atoms with E-state index in [9.17, 15) is 0 Å². The lowest BCUT2D eigenvalue weighted by molar-refractivity contribution is 0.0798. The summed E-state index contributed by atoms with van der Waals surface area (Å²) in [5, 5.41) is 3.42. The Morgan fingerprint density at radius 3 is 3.25 bits per heavy atom. The molecular weight excluding hydrogens is 254 g/mol. The smallest absolute Gasteiger partial charge is 0.257 e. The van der Waals surface area contributed by atoms with Gasteiger partial charge in [-0.3, -0.25) is 0 Å². The molecule has 1 N–H and O–H groups in total. The highest BCUT2D eigenvalue weighted by atomic mass is 16.6. The summed E-state index contributed by atoms with van der Waals surface area (Å²) >= 11 is 0. The minimum absolute atomic E-state index is 0.162. The minimum Gasteiger partial charge on any atom is -0.481 e. The Hall–Kier alpha value is -1.49. The van der Waals surface area contributed by atoms with Crippen LogP contribution in [-0.2, 0) is 0 Å². The van der Waals surface area contributed by atoms with Crippen LogP contribution in [0.25, 0.3) is 0 Å². The first-order valence-corrected chi connectivity index (χ1v) is 7.62. The molecule has 0 bridgehead atoms. The number of nitrogens with zero attached hydrogens (tertiary/aromatic N) is 2. The van der Waals surface area contributed by atoms with Crippen molar-refractivity contribution in [3.63, 3.8) is 0 Å². The quantitative estimate of drug-likeness (QED) is 0.913. The summed E-state index contributed by atoms with van der Waals surface area (Å²) in [6.07, 6.45) is 5.35. The normalized spacial score (nSPS) is 22.4. The fourth-order valence-electron chi connectivity index (χ4n) is 2.74. The average Bonchev–Trinajstić information content (AvgIpc) is 2.76. The number of fused-ring (bicyclic) bond motifs is 1. The Kier molecular flexibility index (Phi) is 4.25. The Labute approximate surface area is 120 Å². The van der Waals surface area contributed by atoms with E-state index in [1.54, 1.807) is 0 Å². The van der Waals surface area contributed by atoms with Crippen LogP contribution in [0.15, 0.2) is 12.3 Å². The topological polar surface area (TPSA) is 46.6 Å². The zero-order chi connectivity index (χ0) is 13.8. The number of hydrogen-bond acceptors (Lipinski definition) is 5. The number of aromatic nitrogens is 1. The van der Waals surface area contributed by atoms with Gasteiger partial charge in [-0.2, -0.15) is 0 Å². The monoisotopic (exact) mass is 277 g/mol. The zero-order valence-corrected chi connectivity index (χ0v) is 12.1. The van der Waals surface area contributed by atoms with Gasteiger partial charge in [-0.1, -0.05) is 13.3 Å². The van der Waals surface area contributed by atoms with E-state index in [-0.39, 0.29) is 6.10 Å². The van der Waals surface area contributed by atoms with E-state index in [1.807, 2.05) is 6.20 Å². The van der Waals surface area contributed by atoms with Crippen LogP contribution in [0.1, 0.15) is 26.2 Å². The van der Waals surface area contributed by atoms with Gasteiger partial charge < -0.3 is 19.7 Å². The fraction of sp³-hybridized carbons (Fsp3) is 0.667. The summed E-state index contributed by atoms with van der Waals surface area (Å²) in [5.74, 6) is 1.43. The second kappa shape index (κ2) is 6.31. The van der Waals surface area contributed by atoms with Gasteiger partial charge in [-0.25, -0.2) is 4.98 Å². The zero-order valence-electron chi connectivity index (χ0n) is 12.1. The minimum atomic E-state index is 0.162. The van der Waals surface area contributed by atoms with E-state index < -0.39 is 0 Å². The molecule has 1 atom stereocenters. The Bertz CT molecular complexity index is 445. The van der Waals surface area contributed by atoms with Crippen molar-refractivity contribution < 1.29 is 9.47 Å².